The van der Waals surface area contributed by atoms with E-state index < -0.39 is 0 Å². The van der Waals surface area contributed by atoms with Gasteiger partial charge in [-0.25, -0.2) is 9.67 Å². The molecule has 1 saturated heterocycles. The number of nitrogens with zero attached hydrogens (tertiary/aromatic N) is 5. The van der Waals surface area contributed by atoms with Gasteiger partial charge in [0.15, 0.2) is 5.65 Å². The number of hydrogen-bond donors (Lipinski definition) is 0. The molecule has 0 spiro atoms. The van der Waals surface area contributed by atoms with Gasteiger partial charge >= 0.3 is 0 Å². The Hall–Kier alpha value is -2.85. The molecule has 1 aliphatic carbocycles. The highest BCUT2D eigenvalue weighted by atomic mass is 16.7. The lowest BCUT2D eigenvalue weighted by Crippen LogP contribution is -2.35. The lowest BCUT2D eigenvalue weighted by Gasteiger charge is -2.34. The molecule has 3 aliphatic rings. The molecule has 2 fully saturated rings. The van der Waals surface area contributed by atoms with Gasteiger partial charge in [0.25, 0.3) is 0 Å². The van der Waals surface area contributed by atoms with E-state index in [2.05, 4.69) is 28.1 Å². The highest BCUT2D eigenvalue weighted by molar-refractivity contribution is 5.94. The van der Waals surface area contributed by atoms with E-state index in [4.69, 9.17) is 29.0 Å². The van der Waals surface area contributed by atoms with Gasteiger partial charge < -0.3 is 23.8 Å². The molecule has 9 heteroatoms. The third-order valence-corrected chi connectivity index (χ3v) is 8.45. The molecule has 214 valence electrons. The van der Waals surface area contributed by atoms with E-state index in [1.165, 1.54) is 41.6 Å². The van der Waals surface area contributed by atoms with Crippen LogP contribution in [0, 0.1) is 5.92 Å². The van der Waals surface area contributed by atoms with Gasteiger partial charge in [-0.1, -0.05) is 12.5 Å². The first-order chi connectivity index (χ1) is 19.7. The minimum absolute atomic E-state index is 0.257. The van der Waals surface area contributed by atoms with E-state index >= 15 is 0 Å². The minimum atomic E-state index is 0.257. The van der Waals surface area contributed by atoms with Crippen LogP contribution in [0.1, 0.15) is 68.4 Å². The topological polar surface area (TPSA) is 83.8 Å². The Morgan fingerprint density at radius 2 is 1.98 bits per heavy atom. The lowest BCUT2D eigenvalue weighted by molar-refractivity contribution is -0.0579. The largest absolute Gasteiger partial charge is 0.384 e. The monoisotopic (exact) mass is 547 g/mol. The SMILES string of the molecule is CCOCOCc1cc(N2CCC(COC)CC2)c2c(C3CCC3)nn(-c3ccnc(C4=CCOCC4)c3)c2n1. The Morgan fingerprint density at radius 3 is 2.70 bits per heavy atom. The van der Waals surface area contributed by atoms with Crippen molar-refractivity contribution in [3.05, 3.63) is 47.6 Å². The van der Waals surface area contributed by atoms with Gasteiger partial charge in [-0.05, 0) is 68.7 Å². The summed E-state index contributed by atoms with van der Waals surface area (Å²) in [4.78, 5) is 12.4. The predicted molar refractivity (Wildman–Crippen MR) is 155 cm³/mol. The average molecular weight is 548 g/mol. The number of rotatable bonds is 11. The van der Waals surface area contributed by atoms with Crippen molar-refractivity contribution < 1.29 is 18.9 Å². The van der Waals surface area contributed by atoms with Crippen LogP contribution in [0.25, 0.3) is 22.3 Å². The summed E-state index contributed by atoms with van der Waals surface area (Å²) in [5.41, 5.74) is 7.37. The highest BCUT2D eigenvalue weighted by Gasteiger charge is 2.31. The summed E-state index contributed by atoms with van der Waals surface area (Å²) >= 11 is 0. The fraction of sp³-hybridized carbons (Fsp3) is 0.581. The number of aromatic nitrogens is 4. The zero-order valence-electron chi connectivity index (χ0n) is 23.8. The van der Waals surface area contributed by atoms with Crippen molar-refractivity contribution in [2.75, 3.05) is 58.3 Å². The Balaban J connectivity index is 1.44. The van der Waals surface area contributed by atoms with Crippen LogP contribution >= 0.6 is 0 Å². The van der Waals surface area contributed by atoms with Crippen molar-refractivity contribution in [1.82, 2.24) is 19.7 Å². The summed E-state index contributed by atoms with van der Waals surface area (Å²) in [6.45, 7) is 7.43. The number of fused-ring (bicyclic) bond motifs is 1. The number of piperidine rings is 1. The second-order valence-corrected chi connectivity index (χ2v) is 11.1. The Bertz CT molecular complexity index is 1330. The molecule has 3 aromatic rings. The Kier molecular flexibility index (Phi) is 8.72. The quantitative estimate of drug-likeness (QED) is 0.238. The van der Waals surface area contributed by atoms with E-state index in [0.717, 1.165) is 68.3 Å². The summed E-state index contributed by atoms with van der Waals surface area (Å²) in [6.07, 6.45) is 10.7. The van der Waals surface area contributed by atoms with E-state index in [1.54, 1.807) is 7.11 Å². The summed E-state index contributed by atoms with van der Waals surface area (Å²) in [6, 6.07) is 6.41. The van der Waals surface area contributed by atoms with E-state index in [9.17, 15) is 0 Å². The summed E-state index contributed by atoms with van der Waals surface area (Å²) in [5.74, 6) is 1.08. The molecular formula is C31H41N5O4. The Morgan fingerprint density at radius 1 is 1.10 bits per heavy atom. The number of anilines is 1. The predicted octanol–water partition coefficient (Wildman–Crippen LogP) is 5.26. The summed E-state index contributed by atoms with van der Waals surface area (Å²) in [5, 5.41) is 6.48. The first-order valence-corrected chi connectivity index (χ1v) is 14.8. The van der Waals surface area contributed by atoms with E-state index in [0.29, 0.717) is 31.7 Å². The minimum Gasteiger partial charge on any atom is -0.384 e. The lowest BCUT2D eigenvalue weighted by atomic mass is 9.82. The average Bonchev–Trinajstić information content (AvgIpc) is 3.34. The van der Waals surface area contributed by atoms with Gasteiger partial charge in [0.1, 0.15) is 6.79 Å². The molecular weight excluding hydrogens is 506 g/mol. The molecule has 0 aromatic carbocycles. The molecule has 40 heavy (non-hydrogen) atoms. The number of ether oxygens (including phenoxy) is 4. The van der Waals surface area contributed by atoms with Crippen LogP contribution in [0.2, 0.25) is 0 Å². The molecule has 0 amide bonds. The normalized spacial score (nSPS) is 18.8. The van der Waals surface area contributed by atoms with Gasteiger partial charge in [-0.2, -0.15) is 5.10 Å². The molecule has 0 radical (unpaired) electrons. The van der Waals surface area contributed by atoms with E-state index in [1.807, 2.05) is 23.9 Å². The van der Waals surface area contributed by atoms with Gasteiger partial charge in [0.05, 0.1) is 53.7 Å². The first-order valence-electron chi connectivity index (χ1n) is 14.8. The molecule has 5 heterocycles. The number of methoxy groups -OCH3 is 1. The van der Waals surface area contributed by atoms with Crippen LogP contribution in [0.15, 0.2) is 30.5 Å². The summed E-state index contributed by atoms with van der Waals surface area (Å²) < 4.78 is 24.3. The molecule has 3 aromatic heterocycles. The molecule has 1 saturated carbocycles. The zero-order valence-corrected chi connectivity index (χ0v) is 23.8. The van der Waals surface area contributed by atoms with Crippen molar-refractivity contribution in [3.63, 3.8) is 0 Å². The van der Waals surface area contributed by atoms with Crippen molar-refractivity contribution in [2.45, 2.75) is 58.0 Å². The van der Waals surface area contributed by atoms with Gasteiger partial charge in [-0.15, -0.1) is 0 Å². The molecule has 0 N–H and O–H groups in total. The standard InChI is InChI=1S/C31H41N5O4/c1-3-38-21-40-20-25-17-28(35-13-8-22(9-14-35)19-37-2)29-30(24-5-4-6-24)34-36(31(29)33-25)26-7-12-32-27(18-26)23-10-15-39-16-11-23/h7,10,12,17-18,22,24H,3-6,8-9,11,13-16,19-21H2,1-2H3. The van der Waals surface area contributed by atoms with Crippen molar-refractivity contribution in [2.24, 2.45) is 5.92 Å². The second-order valence-electron chi connectivity index (χ2n) is 11.1. The fourth-order valence-corrected chi connectivity index (χ4v) is 5.99. The third-order valence-electron chi connectivity index (χ3n) is 8.45. The highest BCUT2D eigenvalue weighted by Crippen LogP contribution is 2.43. The number of pyridine rings is 2. The van der Waals surface area contributed by atoms with Crippen molar-refractivity contribution in [3.8, 4) is 5.69 Å². The van der Waals surface area contributed by atoms with Crippen LogP contribution in [-0.2, 0) is 25.6 Å². The van der Waals surface area contributed by atoms with Crippen LogP contribution in [0.4, 0.5) is 5.69 Å². The molecule has 0 unspecified atom stereocenters. The molecule has 9 nitrogen and oxygen atoms in total. The second kappa shape index (κ2) is 12.8. The smallest absolute Gasteiger partial charge is 0.165 e. The van der Waals surface area contributed by atoms with Crippen LogP contribution in [0.5, 0.6) is 0 Å². The molecule has 0 atom stereocenters. The maximum absolute atomic E-state index is 5.85. The van der Waals surface area contributed by atoms with Crippen LogP contribution < -0.4 is 4.90 Å². The third kappa shape index (κ3) is 5.79. The van der Waals surface area contributed by atoms with E-state index in [-0.39, 0.29) is 6.79 Å². The van der Waals surface area contributed by atoms with Crippen molar-refractivity contribution in [1.29, 1.82) is 0 Å². The summed E-state index contributed by atoms with van der Waals surface area (Å²) in [7, 11) is 1.80. The van der Waals surface area contributed by atoms with Crippen LogP contribution in [0.3, 0.4) is 0 Å². The molecule has 6 rings (SSSR count). The van der Waals surface area contributed by atoms with Gasteiger partial charge in [0, 0.05) is 45.5 Å². The van der Waals surface area contributed by atoms with Crippen molar-refractivity contribution >= 4 is 22.3 Å². The Labute approximate surface area is 236 Å². The first kappa shape index (κ1) is 27.3. The zero-order chi connectivity index (χ0) is 27.3. The molecule has 0 bridgehead atoms. The maximum atomic E-state index is 5.85. The number of hydrogen-bond acceptors (Lipinski definition) is 8. The molecule has 2 aliphatic heterocycles. The van der Waals surface area contributed by atoms with Crippen LogP contribution in [-0.4, -0.2) is 73.2 Å². The van der Waals surface area contributed by atoms with Gasteiger partial charge in [-0.3, -0.25) is 4.98 Å². The fourth-order valence-electron chi connectivity index (χ4n) is 5.99. The maximum Gasteiger partial charge on any atom is 0.165 e. The van der Waals surface area contributed by atoms with Gasteiger partial charge in [0.2, 0.25) is 0 Å².